The number of hydrogen-bond donors (Lipinski definition) is 3. The Hall–Kier alpha value is -3.65. The molecular weight excluding hydrogens is 408 g/mol. The average Bonchev–Trinajstić information content (AvgIpc) is 3.49. The number of terminal acetylenes is 1. The van der Waals surface area contributed by atoms with E-state index >= 15 is 0 Å². The molecule has 1 saturated carbocycles. The summed E-state index contributed by atoms with van der Waals surface area (Å²) in [7, 11) is 0. The van der Waals surface area contributed by atoms with Crippen molar-refractivity contribution in [1.82, 2.24) is 10.3 Å². The normalized spacial score (nSPS) is 14.7. The van der Waals surface area contributed by atoms with E-state index in [4.69, 9.17) is 6.42 Å². The zero-order valence-corrected chi connectivity index (χ0v) is 17.4. The minimum absolute atomic E-state index is 0.288. The minimum Gasteiger partial charge on any atom is -0.394 e. The van der Waals surface area contributed by atoms with Gasteiger partial charge in [0, 0.05) is 5.38 Å². The summed E-state index contributed by atoms with van der Waals surface area (Å²) in [5.74, 6) is 2.77. The Labute approximate surface area is 184 Å². The molecule has 31 heavy (non-hydrogen) atoms. The van der Waals surface area contributed by atoms with E-state index in [1.54, 1.807) is 5.38 Å². The van der Waals surface area contributed by atoms with Gasteiger partial charge in [-0.15, -0.1) is 17.8 Å². The van der Waals surface area contributed by atoms with Crippen molar-refractivity contribution in [1.29, 1.82) is 5.26 Å². The van der Waals surface area contributed by atoms with Crippen LogP contribution in [-0.4, -0.2) is 22.7 Å². The summed E-state index contributed by atoms with van der Waals surface area (Å²) in [4.78, 5) is 16.5. The number of aliphatic hydroxyl groups excluding tert-OH is 1. The van der Waals surface area contributed by atoms with Crippen molar-refractivity contribution in [3.05, 3.63) is 70.0 Å². The summed E-state index contributed by atoms with van der Waals surface area (Å²) in [6.45, 7) is -0.288. The number of benzene rings is 2. The number of nitrogens with zero attached hydrogens (tertiary/aromatic N) is 2. The lowest BCUT2D eigenvalue weighted by atomic mass is 9.86. The summed E-state index contributed by atoms with van der Waals surface area (Å²) >= 11 is 1.26. The highest BCUT2D eigenvalue weighted by Crippen LogP contribution is 2.51. The van der Waals surface area contributed by atoms with Crippen LogP contribution in [-0.2, 0) is 5.41 Å². The molecule has 4 rings (SSSR count). The van der Waals surface area contributed by atoms with Crippen molar-refractivity contribution in [3.63, 3.8) is 0 Å². The van der Waals surface area contributed by atoms with Crippen molar-refractivity contribution < 1.29 is 9.90 Å². The van der Waals surface area contributed by atoms with Crippen LogP contribution in [0.3, 0.4) is 0 Å². The molecule has 0 radical (unpaired) electrons. The van der Waals surface area contributed by atoms with Crippen LogP contribution in [0.1, 0.15) is 35.0 Å². The SMILES string of the molecule is C#Cc1nc(NC(=O)N[C@@H](CO)c2ccc(-c3ccccc3)c(C3(C#N)CC3)c2)cs1. The van der Waals surface area contributed by atoms with Gasteiger partial charge < -0.3 is 10.4 Å². The number of anilines is 1. The lowest BCUT2D eigenvalue weighted by molar-refractivity contribution is 0.225. The van der Waals surface area contributed by atoms with E-state index in [0.29, 0.717) is 10.8 Å². The number of nitriles is 1. The molecule has 6 nitrogen and oxygen atoms in total. The van der Waals surface area contributed by atoms with Gasteiger partial charge in [0.25, 0.3) is 0 Å². The van der Waals surface area contributed by atoms with E-state index in [1.807, 2.05) is 48.5 Å². The van der Waals surface area contributed by atoms with Crippen molar-refractivity contribution in [2.45, 2.75) is 24.3 Å². The molecule has 1 atom stereocenters. The lowest BCUT2D eigenvalue weighted by Crippen LogP contribution is -2.34. The molecule has 1 heterocycles. The summed E-state index contributed by atoms with van der Waals surface area (Å²) in [6.07, 6.45) is 6.90. The third-order valence-electron chi connectivity index (χ3n) is 5.37. The van der Waals surface area contributed by atoms with Crippen LogP contribution in [0.5, 0.6) is 0 Å². The van der Waals surface area contributed by atoms with Gasteiger partial charge in [0.1, 0.15) is 5.82 Å². The molecule has 0 unspecified atom stereocenters. The molecular formula is C24H20N4O2S. The predicted octanol–water partition coefficient (Wildman–Crippen LogP) is 4.20. The number of aromatic nitrogens is 1. The standard InChI is InChI=1S/C24H20N4O2S/c1-2-22-27-21(14-31-22)28-23(30)26-20(13-29)17-8-9-18(16-6-4-3-5-7-16)19(12-17)24(15-25)10-11-24/h1,3-9,12,14,20,29H,10-11,13H2,(H2,26,28,30)/t20-/m0/s1. The monoisotopic (exact) mass is 428 g/mol. The summed E-state index contributed by atoms with van der Waals surface area (Å²) in [6, 6.07) is 17.0. The molecule has 154 valence electrons. The number of aliphatic hydroxyl groups is 1. The highest BCUT2D eigenvalue weighted by molar-refractivity contribution is 7.10. The number of carbonyl (C=O) groups is 1. The predicted molar refractivity (Wildman–Crippen MR) is 120 cm³/mol. The van der Waals surface area contributed by atoms with Crippen LogP contribution >= 0.6 is 11.3 Å². The van der Waals surface area contributed by atoms with Gasteiger partial charge in [-0.05, 0) is 41.0 Å². The van der Waals surface area contributed by atoms with Crippen molar-refractivity contribution in [2.75, 3.05) is 11.9 Å². The highest BCUT2D eigenvalue weighted by Gasteiger charge is 2.46. The van der Waals surface area contributed by atoms with E-state index in [9.17, 15) is 15.2 Å². The molecule has 3 N–H and O–H groups in total. The molecule has 0 spiro atoms. The molecule has 3 aromatic rings. The van der Waals surface area contributed by atoms with Gasteiger partial charge in [-0.2, -0.15) is 5.26 Å². The fraction of sp³-hybridized carbons (Fsp3) is 0.208. The highest BCUT2D eigenvalue weighted by atomic mass is 32.1. The molecule has 2 amide bonds. The van der Waals surface area contributed by atoms with Gasteiger partial charge in [0.05, 0.1) is 24.1 Å². The summed E-state index contributed by atoms with van der Waals surface area (Å²) in [5.41, 5.74) is 3.17. The molecule has 1 fully saturated rings. The molecule has 7 heteroatoms. The first kappa shape index (κ1) is 20.6. The Kier molecular flexibility index (Phi) is 5.73. The number of carbonyl (C=O) groups excluding carboxylic acids is 1. The summed E-state index contributed by atoms with van der Waals surface area (Å²) in [5, 5.41) is 27.3. The maximum atomic E-state index is 12.4. The maximum absolute atomic E-state index is 12.4. The van der Waals surface area contributed by atoms with Gasteiger partial charge in [-0.3, -0.25) is 5.32 Å². The van der Waals surface area contributed by atoms with Crippen LogP contribution in [0.25, 0.3) is 11.1 Å². The van der Waals surface area contributed by atoms with E-state index in [2.05, 4.69) is 27.6 Å². The van der Waals surface area contributed by atoms with Crippen LogP contribution < -0.4 is 10.6 Å². The Morgan fingerprint density at radius 3 is 2.68 bits per heavy atom. The molecule has 0 bridgehead atoms. The first-order chi connectivity index (χ1) is 15.1. The van der Waals surface area contributed by atoms with Gasteiger partial charge in [0.15, 0.2) is 5.01 Å². The first-order valence-corrected chi connectivity index (χ1v) is 10.7. The Morgan fingerprint density at radius 2 is 2.06 bits per heavy atom. The maximum Gasteiger partial charge on any atom is 0.320 e. The van der Waals surface area contributed by atoms with Crippen LogP contribution in [0.15, 0.2) is 53.9 Å². The molecule has 0 saturated heterocycles. The topological polar surface area (TPSA) is 98.0 Å². The number of thiazole rings is 1. The zero-order valence-electron chi connectivity index (χ0n) is 16.6. The van der Waals surface area contributed by atoms with Crippen LogP contribution in [0.4, 0.5) is 10.6 Å². The first-order valence-electron chi connectivity index (χ1n) is 9.80. The molecule has 0 aliphatic heterocycles. The van der Waals surface area contributed by atoms with E-state index in [0.717, 1.165) is 35.1 Å². The van der Waals surface area contributed by atoms with E-state index < -0.39 is 17.5 Å². The fourth-order valence-corrected chi connectivity index (χ4v) is 4.11. The Morgan fingerprint density at radius 1 is 1.29 bits per heavy atom. The largest absolute Gasteiger partial charge is 0.394 e. The third kappa shape index (κ3) is 4.29. The van der Waals surface area contributed by atoms with Gasteiger partial charge in [0.2, 0.25) is 0 Å². The number of hydrogen-bond acceptors (Lipinski definition) is 5. The third-order valence-corrected chi connectivity index (χ3v) is 6.14. The zero-order chi connectivity index (χ0) is 21.8. The number of rotatable bonds is 6. The Bertz CT molecular complexity index is 1190. The van der Waals surface area contributed by atoms with Gasteiger partial charge in [-0.1, -0.05) is 48.5 Å². The quantitative estimate of drug-likeness (QED) is 0.513. The average molecular weight is 429 g/mol. The van der Waals surface area contributed by atoms with Crippen molar-refractivity contribution >= 4 is 23.2 Å². The number of nitrogens with one attached hydrogen (secondary N) is 2. The second-order valence-corrected chi connectivity index (χ2v) is 8.24. The van der Waals surface area contributed by atoms with Crippen LogP contribution in [0.2, 0.25) is 0 Å². The Balaban J connectivity index is 1.60. The van der Waals surface area contributed by atoms with Crippen molar-refractivity contribution in [3.8, 4) is 29.5 Å². The lowest BCUT2D eigenvalue weighted by Gasteiger charge is -2.21. The number of amides is 2. The second-order valence-electron chi connectivity index (χ2n) is 7.38. The molecule has 1 aromatic heterocycles. The van der Waals surface area contributed by atoms with Gasteiger partial charge >= 0.3 is 6.03 Å². The van der Waals surface area contributed by atoms with Crippen molar-refractivity contribution in [2.24, 2.45) is 0 Å². The molecule has 2 aromatic carbocycles. The van der Waals surface area contributed by atoms with E-state index in [1.165, 1.54) is 11.3 Å². The molecule has 1 aliphatic carbocycles. The van der Waals surface area contributed by atoms with Crippen LogP contribution in [0, 0.1) is 23.7 Å². The second kappa shape index (κ2) is 8.61. The minimum atomic E-state index is -0.635. The fourth-order valence-electron chi connectivity index (χ4n) is 3.55. The molecule has 1 aliphatic rings. The smallest absolute Gasteiger partial charge is 0.320 e. The summed E-state index contributed by atoms with van der Waals surface area (Å²) < 4.78 is 0. The van der Waals surface area contributed by atoms with E-state index in [-0.39, 0.29) is 6.61 Å². The number of urea groups is 1. The van der Waals surface area contributed by atoms with Gasteiger partial charge in [-0.25, -0.2) is 9.78 Å².